The van der Waals surface area contributed by atoms with Gasteiger partial charge in [-0.1, -0.05) is 40.2 Å². The standard InChI is InChI=1S/C20H18BrN3O3S/c1-11-16(17(24-20(28)22-11)12-6-5-7-13(21)10-12)18(25)23-15-9-4-3-8-14(15)19(26)27-2/h3-10,17H,1-2H3,(H,23,25)(H2,22,24,28)/t17-/m1/s1. The largest absolute Gasteiger partial charge is 0.465 e. The number of amides is 1. The third-order valence-electron chi connectivity index (χ3n) is 4.28. The normalized spacial score (nSPS) is 16.1. The fraction of sp³-hybridized carbons (Fsp3) is 0.150. The van der Waals surface area contributed by atoms with E-state index in [1.54, 1.807) is 31.2 Å². The summed E-state index contributed by atoms with van der Waals surface area (Å²) in [6.07, 6.45) is 0. The number of carbonyl (C=O) groups excluding carboxylic acids is 2. The molecular weight excluding hydrogens is 442 g/mol. The highest BCUT2D eigenvalue weighted by molar-refractivity contribution is 9.10. The maximum absolute atomic E-state index is 13.2. The Balaban J connectivity index is 1.98. The molecule has 3 rings (SSSR count). The number of methoxy groups -OCH3 is 1. The fourth-order valence-corrected chi connectivity index (χ4v) is 3.69. The molecule has 1 atom stereocenters. The van der Waals surface area contributed by atoms with Crippen LogP contribution in [0.15, 0.2) is 64.3 Å². The Morgan fingerprint density at radius 2 is 1.93 bits per heavy atom. The van der Waals surface area contributed by atoms with Crippen molar-refractivity contribution < 1.29 is 14.3 Å². The number of ether oxygens (including phenoxy) is 1. The molecule has 0 spiro atoms. The van der Waals surface area contributed by atoms with Crippen molar-refractivity contribution in [3.05, 3.63) is 75.4 Å². The van der Waals surface area contributed by atoms with Gasteiger partial charge in [-0.2, -0.15) is 0 Å². The Hall–Kier alpha value is -2.71. The van der Waals surface area contributed by atoms with E-state index < -0.39 is 12.0 Å². The van der Waals surface area contributed by atoms with Crippen LogP contribution in [-0.4, -0.2) is 24.1 Å². The van der Waals surface area contributed by atoms with E-state index in [1.165, 1.54) is 7.11 Å². The van der Waals surface area contributed by atoms with Gasteiger partial charge in [0, 0.05) is 10.2 Å². The van der Waals surface area contributed by atoms with Gasteiger partial charge in [0.15, 0.2) is 5.11 Å². The molecule has 144 valence electrons. The van der Waals surface area contributed by atoms with Crippen molar-refractivity contribution in [3.8, 4) is 0 Å². The van der Waals surface area contributed by atoms with Crippen molar-refractivity contribution >= 4 is 50.8 Å². The fourth-order valence-electron chi connectivity index (χ4n) is 3.00. The summed E-state index contributed by atoms with van der Waals surface area (Å²) < 4.78 is 5.69. The molecule has 2 aromatic rings. The molecule has 1 heterocycles. The SMILES string of the molecule is COC(=O)c1ccccc1NC(=O)C1=C(C)NC(=S)N[C@@H]1c1cccc(Br)c1. The summed E-state index contributed by atoms with van der Waals surface area (Å²) in [5, 5.41) is 9.40. The summed E-state index contributed by atoms with van der Waals surface area (Å²) in [5.74, 6) is -0.868. The van der Waals surface area contributed by atoms with E-state index in [2.05, 4.69) is 31.9 Å². The molecule has 0 aromatic heterocycles. The van der Waals surface area contributed by atoms with Gasteiger partial charge in [-0.15, -0.1) is 0 Å². The zero-order valence-electron chi connectivity index (χ0n) is 15.2. The summed E-state index contributed by atoms with van der Waals surface area (Å²) >= 11 is 8.73. The number of halogens is 1. The molecule has 0 unspecified atom stereocenters. The predicted molar refractivity (Wildman–Crippen MR) is 115 cm³/mol. The highest BCUT2D eigenvalue weighted by atomic mass is 79.9. The lowest BCUT2D eigenvalue weighted by atomic mass is 9.95. The van der Waals surface area contributed by atoms with E-state index in [0.717, 1.165) is 10.0 Å². The van der Waals surface area contributed by atoms with Gasteiger partial charge in [-0.25, -0.2) is 4.79 Å². The number of carbonyl (C=O) groups is 2. The van der Waals surface area contributed by atoms with E-state index in [0.29, 0.717) is 22.1 Å². The molecule has 1 amide bonds. The Bertz CT molecular complexity index is 990. The molecule has 0 radical (unpaired) electrons. The molecule has 0 bridgehead atoms. The molecule has 0 aliphatic carbocycles. The maximum Gasteiger partial charge on any atom is 0.339 e. The minimum absolute atomic E-state index is 0.280. The highest BCUT2D eigenvalue weighted by Gasteiger charge is 2.30. The van der Waals surface area contributed by atoms with Crippen molar-refractivity contribution in [1.29, 1.82) is 0 Å². The van der Waals surface area contributed by atoms with Crippen LogP contribution in [0.5, 0.6) is 0 Å². The van der Waals surface area contributed by atoms with E-state index in [4.69, 9.17) is 17.0 Å². The number of para-hydroxylation sites is 1. The average Bonchev–Trinajstić information content (AvgIpc) is 2.67. The number of rotatable bonds is 4. The minimum Gasteiger partial charge on any atom is -0.465 e. The van der Waals surface area contributed by atoms with Gasteiger partial charge < -0.3 is 20.7 Å². The van der Waals surface area contributed by atoms with E-state index >= 15 is 0 Å². The second-order valence-corrected chi connectivity index (χ2v) is 7.44. The number of benzene rings is 2. The highest BCUT2D eigenvalue weighted by Crippen LogP contribution is 2.29. The Kier molecular flexibility index (Phi) is 6.11. The minimum atomic E-state index is -0.522. The van der Waals surface area contributed by atoms with Crippen LogP contribution in [0, 0.1) is 0 Å². The van der Waals surface area contributed by atoms with Crippen LogP contribution in [0.2, 0.25) is 0 Å². The van der Waals surface area contributed by atoms with Crippen molar-refractivity contribution in [2.45, 2.75) is 13.0 Å². The van der Waals surface area contributed by atoms with Gasteiger partial charge in [-0.05, 0) is 49.0 Å². The first kappa shape index (κ1) is 20.0. The van der Waals surface area contributed by atoms with Gasteiger partial charge in [0.2, 0.25) is 0 Å². The smallest absolute Gasteiger partial charge is 0.339 e. The lowest BCUT2D eigenvalue weighted by molar-refractivity contribution is -0.113. The Morgan fingerprint density at radius 3 is 2.64 bits per heavy atom. The number of hydrogen-bond acceptors (Lipinski definition) is 4. The molecular formula is C20H18BrN3O3S. The van der Waals surface area contributed by atoms with Crippen LogP contribution in [0.3, 0.4) is 0 Å². The lowest BCUT2D eigenvalue weighted by Crippen LogP contribution is -2.45. The van der Waals surface area contributed by atoms with Crippen LogP contribution < -0.4 is 16.0 Å². The number of nitrogens with one attached hydrogen (secondary N) is 3. The molecule has 8 heteroatoms. The van der Waals surface area contributed by atoms with Crippen molar-refractivity contribution in [2.24, 2.45) is 0 Å². The summed E-state index contributed by atoms with van der Waals surface area (Å²) in [5.41, 5.74) is 2.65. The molecule has 2 aromatic carbocycles. The molecule has 0 fully saturated rings. The van der Waals surface area contributed by atoms with Crippen LogP contribution >= 0.6 is 28.1 Å². The zero-order valence-corrected chi connectivity index (χ0v) is 17.6. The van der Waals surface area contributed by atoms with Crippen LogP contribution in [0.1, 0.15) is 28.9 Å². The van der Waals surface area contributed by atoms with E-state index in [1.807, 2.05) is 24.3 Å². The van der Waals surface area contributed by atoms with Crippen molar-refractivity contribution in [2.75, 3.05) is 12.4 Å². The molecule has 3 N–H and O–H groups in total. The summed E-state index contributed by atoms with van der Waals surface area (Å²) in [4.78, 5) is 25.2. The van der Waals surface area contributed by atoms with Gasteiger partial charge in [0.25, 0.3) is 5.91 Å². The average molecular weight is 460 g/mol. The number of hydrogen-bond donors (Lipinski definition) is 3. The summed E-state index contributed by atoms with van der Waals surface area (Å²) in [6.45, 7) is 1.79. The van der Waals surface area contributed by atoms with E-state index in [-0.39, 0.29) is 11.5 Å². The van der Waals surface area contributed by atoms with Crippen molar-refractivity contribution in [1.82, 2.24) is 10.6 Å². The third-order valence-corrected chi connectivity index (χ3v) is 4.99. The van der Waals surface area contributed by atoms with Crippen LogP contribution in [-0.2, 0) is 9.53 Å². The van der Waals surface area contributed by atoms with Crippen LogP contribution in [0.25, 0.3) is 0 Å². The summed E-state index contributed by atoms with van der Waals surface area (Å²) in [7, 11) is 1.30. The summed E-state index contributed by atoms with van der Waals surface area (Å²) in [6, 6.07) is 13.9. The number of esters is 1. The first-order valence-corrected chi connectivity index (χ1v) is 9.63. The molecule has 6 nitrogen and oxygen atoms in total. The predicted octanol–water partition coefficient (Wildman–Crippen LogP) is 3.67. The molecule has 0 saturated carbocycles. The first-order chi connectivity index (χ1) is 13.4. The number of allylic oxidation sites excluding steroid dienone is 1. The third kappa shape index (κ3) is 4.23. The van der Waals surface area contributed by atoms with Gasteiger partial charge in [-0.3, -0.25) is 4.79 Å². The molecule has 28 heavy (non-hydrogen) atoms. The number of anilines is 1. The Morgan fingerprint density at radius 1 is 1.18 bits per heavy atom. The van der Waals surface area contributed by atoms with E-state index in [9.17, 15) is 9.59 Å². The Labute approximate surface area is 176 Å². The monoisotopic (exact) mass is 459 g/mol. The van der Waals surface area contributed by atoms with Gasteiger partial charge in [0.05, 0.1) is 30.0 Å². The quantitative estimate of drug-likeness (QED) is 0.478. The molecule has 1 aliphatic heterocycles. The lowest BCUT2D eigenvalue weighted by Gasteiger charge is -2.30. The van der Waals surface area contributed by atoms with Gasteiger partial charge in [0.1, 0.15) is 0 Å². The molecule has 0 saturated heterocycles. The molecule has 1 aliphatic rings. The van der Waals surface area contributed by atoms with Crippen LogP contribution in [0.4, 0.5) is 5.69 Å². The zero-order chi connectivity index (χ0) is 20.3. The number of thiocarbonyl (C=S) groups is 1. The van der Waals surface area contributed by atoms with Crippen molar-refractivity contribution in [3.63, 3.8) is 0 Å². The van der Waals surface area contributed by atoms with Gasteiger partial charge >= 0.3 is 5.97 Å². The second kappa shape index (κ2) is 8.53. The topological polar surface area (TPSA) is 79.5 Å². The second-order valence-electron chi connectivity index (χ2n) is 6.12. The first-order valence-electron chi connectivity index (χ1n) is 8.43. The maximum atomic E-state index is 13.2.